The first-order valence-corrected chi connectivity index (χ1v) is 7.25. The number of benzene rings is 1. The average molecular weight is 380 g/mol. The van der Waals surface area contributed by atoms with Crippen molar-refractivity contribution in [3.8, 4) is 0 Å². The molecule has 102 valence electrons. The van der Waals surface area contributed by atoms with Gasteiger partial charge in [-0.3, -0.25) is 4.68 Å². The van der Waals surface area contributed by atoms with Gasteiger partial charge in [0.25, 0.3) is 0 Å². The van der Waals surface area contributed by atoms with Crippen molar-refractivity contribution < 1.29 is 13.2 Å². The Kier molecular flexibility index (Phi) is 3.23. The molecule has 0 saturated heterocycles. The van der Waals surface area contributed by atoms with Crippen LogP contribution in [0, 0.1) is 9.52 Å². The van der Waals surface area contributed by atoms with Gasteiger partial charge in [-0.15, -0.1) is 0 Å². The Morgan fingerprint density at radius 1 is 1.26 bits per heavy atom. The smallest absolute Gasteiger partial charge is 0.248 e. The lowest BCUT2D eigenvalue weighted by atomic mass is 9.92. The quantitative estimate of drug-likeness (QED) is 0.665. The lowest BCUT2D eigenvalue weighted by Gasteiger charge is -2.28. The number of aromatic nitrogens is 2. The Bertz CT molecular complexity index is 614. The summed E-state index contributed by atoms with van der Waals surface area (Å²) < 4.78 is 42.1. The largest absolute Gasteiger partial charge is 0.261 e. The van der Waals surface area contributed by atoms with Crippen LogP contribution in [0.3, 0.4) is 0 Å². The molecule has 6 heteroatoms. The molecule has 1 aliphatic carbocycles. The molecule has 0 aliphatic heterocycles. The van der Waals surface area contributed by atoms with E-state index in [1.54, 1.807) is 10.7 Å². The van der Waals surface area contributed by atoms with Crippen LogP contribution in [0.4, 0.5) is 13.2 Å². The van der Waals surface area contributed by atoms with Crippen molar-refractivity contribution in [2.24, 2.45) is 0 Å². The number of fused-ring (bicyclic) bond motifs is 1. The fourth-order valence-electron chi connectivity index (χ4n) is 2.62. The molecular formula is C13H12F3IN2. The molecule has 19 heavy (non-hydrogen) atoms. The van der Waals surface area contributed by atoms with Crippen LogP contribution in [-0.4, -0.2) is 15.7 Å². The van der Waals surface area contributed by atoms with E-state index in [-0.39, 0.29) is 24.7 Å². The third kappa shape index (κ3) is 2.46. The maximum Gasteiger partial charge on any atom is 0.248 e. The van der Waals surface area contributed by atoms with Gasteiger partial charge in [0.2, 0.25) is 5.92 Å². The summed E-state index contributed by atoms with van der Waals surface area (Å²) >= 11 is 2.05. The van der Waals surface area contributed by atoms with E-state index in [1.807, 2.05) is 0 Å². The summed E-state index contributed by atoms with van der Waals surface area (Å²) in [6.45, 7) is 0. The molecule has 0 atom stereocenters. The maximum atomic E-state index is 13.2. The Hall–Kier alpha value is -0.790. The molecule has 0 N–H and O–H groups in total. The maximum absolute atomic E-state index is 13.2. The van der Waals surface area contributed by atoms with Gasteiger partial charge in [-0.1, -0.05) is 0 Å². The van der Waals surface area contributed by atoms with Crippen LogP contribution < -0.4 is 0 Å². The third-order valence-electron chi connectivity index (χ3n) is 3.66. The summed E-state index contributed by atoms with van der Waals surface area (Å²) in [7, 11) is 0. The minimum Gasteiger partial charge on any atom is -0.261 e. The van der Waals surface area contributed by atoms with Crippen LogP contribution in [0.25, 0.3) is 10.9 Å². The van der Waals surface area contributed by atoms with Crippen LogP contribution in [0.1, 0.15) is 31.7 Å². The Labute approximate surface area is 122 Å². The number of alkyl halides is 2. The zero-order valence-electron chi connectivity index (χ0n) is 10.0. The zero-order valence-corrected chi connectivity index (χ0v) is 12.2. The first-order valence-electron chi connectivity index (χ1n) is 6.17. The van der Waals surface area contributed by atoms with E-state index < -0.39 is 5.92 Å². The fourth-order valence-corrected chi connectivity index (χ4v) is 3.29. The molecule has 1 heterocycles. The second-order valence-corrected chi connectivity index (χ2v) is 6.01. The number of hydrogen-bond acceptors (Lipinski definition) is 1. The van der Waals surface area contributed by atoms with E-state index in [0.29, 0.717) is 16.5 Å². The van der Waals surface area contributed by atoms with Crippen LogP contribution in [0.2, 0.25) is 0 Å². The van der Waals surface area contributed by atoms with Crippen molar-refractivity contribution in [3.05, 3.63) is 27.7 Å². The molecule has 1 aromatic heterocycles. The summed E-state index contributed by atoms with van der Waals surface area (Å²) in [5, 5.41) is 5.14. The van der Waals surface area contributed by atoms with Gasteiger partial charge in [0.1, 0.15) is 9.52 Å². The van der Waals surface area contributed by atoms with Crippen LogP contribution in [0.5, 0.6) is 0 Å². The topological polar surface area (TPSA) is 17.8 Å². The van der Waals surface area contributed by atoms with Gasteiger partial charge in [0, 0.05) is 18.2 Å². The van der Waals surface area contributed by atoms with E-state index in [0.717, 1.165) is 10.9 Å². The van der Waals surface area contributed by atoms with Gasteiger partial charge in [-0.25, -0.2) is 13.2 Å². The van der Waals surface area contributed by atoms with Crippen molar-refractivity contribution >= 4 is 33.5 Å². The lowest BCUT2D eigenvalue weighted by molar-refractivity contribution is -0.0446. The summed E-state index contributed by atoms with van der Waals surface area (Å²) in [5.74, 6) is -2.85. The first-order chi connectivity index (χ1) is 8.96. The van der Waals surface area contributed by atoms with Gasteiger partial charge in [-0.05, 0) is 53.6 Å². The van der Waals surface area contributed by atoms with Gasteiger partial charge >= 0.3 is 0 Å². The number of nitrogens with zero attached hydrogens (tertiary/aromatic N) is 2. The molecule has 0 unspecified atom stereocenters. The highest BCUT2D eigenvalue weighted by Gasteiger charge is 2.36. The molecule has 3 rings (SSSR count). The lowest BCUT2D eigenvalue weighted by Crippen LogP contribution is -2.26. The van der Waals surface area contributed by atoms with Gasteiger partial charge < -0.3 is 0 Å². The zero-order chi connectivity index (χ0) is 13.6. The molecule has 0 bridgehead atoms. The minimum atomic E-state index is -2.54. The number of rotatable bonds is 1. The van der Waals surface area contributed by atoms with E-state index in [4.69, 9.17) is 0 Å². The highest BCUT2D eigenvalue weighted by atomic mass is 127. The summed E-state index contributed by atoms with van der Waals surface area (Å²) in [5.41, 5.74) is 0.820. The molecule has 1 aromatic carbocycles. The van der Waals surface area contributed by atoms with Crippen molar-refractivity contribution in [1.82, 2.24) is 9.78 Å². The van der Waals surface area contributed by atoms with Gasteiger partial charge in [-0.2, -0.15) is 5.10 Å². The first kappa shape index (κ1) is 13.2. The Balaban J connectivity index is 1.98. The van der Waals surface area contributed by atoms with E-state index in [2.05, 4.69) is 27.7 Å². The predicted octanol–water partition coefficient (Wildman–Crippen LogP) is 4.53. The van der Waals surface area contributed by atoms with Crippen LogP contribution in [0.15, 0.2) is 18.2 Å². The second-order valence-electron chi connectivity index (χ2n) is 4.98. The van der Waals surface area contributed by atoms with Crippen molar-refractivity contribution in [2.75, 3.05) is 0 Å². The normalized spacial score (nSPS) is 20.0. The summed E-state index contributed by atoms with van der Waals surface area (Å²) in [4.78, 5) is 0. The van der Waals surface area contributed by atoms with E-state index in [1.165, 1.54) is 12.1 Å². The highest BCUT2D eigenvalue weighted by Crippen LogP contribution is 2.39. The van der Waals surface area contributed by atoms with Crippen molar-refractivity contribution in [2.45, 2.75) is 37.6 Å². The third-order valence-corrected chi connectivity index (χ3v) is 4.45. The molecule has 1 saturated carbocycles. The monoisotopic (exact) mass is 380 g/mol. The van der Waals surface area contributed by atoms with E-state index >= 15 is 0 Å². The standard InChI is InChI=1S/C13H12F3IN2/c14-8-1-2-11-10(7-8)12(17)18-19(11)9-3-5-13(15,16)6-4-9/h1-2,7,9H,3-6H2. The minimum absolute atomic E-state index is 0.0175. The number of hydrogen-bond donors (Lipinski definition) is 0. The molecule has 0 spiro atoms. The average Bonchev–Trinajstić information content (AvgIpc) is 2.67. The summed E-state index contributed by atoms with van der Waals surface area (Å²) in [6.07, 6.45) is 0.627. The Morgan fingerprint density at radius 2 is 1.95 bits per heavy atom. The van der Waals surface area contributed by atoms with Gasteiger partial charge in [0.05, 0.1) is 11.6 Å². The predicted molar refractivity (Wildman–Crippen MR) is 74.9 cm³/mol. The molecule has 1 fully saturated rings. The van der Waals surface area contributed by atoms with E-state index in [9.17, 15) is 13.2 Å². The highest BCUT2D eigenvalue weighted by molar-refractivity contribution is 14.1. The van der Waals surface area contributed by atoms with Crippen LogP contribution in [-0.2, 0) is 0 Å². The second kappa shape index (κ2) is 4.64. The molecule has 0 radical (unpaired) electrons. The number of halogens is 4. The molecule has 2 aromatic rings. The molecule has 0 amide bonds. The fraction of sp³-hybridized carbons (Fsp3) is 0.462. The molecular weight excluding hydrogens is 368 g/mol. The molecule has 1 aliphatic rings. The van der Waals surface area contributed by atoms with Crippen molar-refractivity contribution in [1.29, 1.82) is 0 Å². The van der Waals surface area contributed by atoms with Crippen molar-refractivity contribution in [3.63, 3.8) is 0 Å². The summed E-state index contributed by atoms with van der Waals surface area (Å²) in [6, 6.07) is 4.48. The molecule has 2 nitrogen and oxygen atoms in total. The SMILES string of the molecule is Fc1ccc2c(c1)c(I)nn2C1CCC(F)(F)CC1. The van der Waals surface area contributed by atoms with Crippen LogP contribution >= 0.6 is 22.6 Å². The van der Waals surface area contributed by atoms with Gasteiger partial charge in [0.15, 0.2) is 0 Å². The Morgan fingerprint density at radius 3 is 2.63 bits per heavy atom.